The van der Waals surface area contributed by atoms with E-state index in [1.807, 2.05) is 12.1 Å². The van der Waals surface area contributed by atoms with Crippen molar-refractivity contribution in [3.63, 3.8) is 0 Å². The zero-order valence-electron chi connectivity index (χ0n) is 25.8. The van der Waals surface area contributed by atoms with Crippen molar-refractivity contribution in [2.45, 2.75) is 19.8 Å². The van der Waals surface area contributed by atoms with Crippen molar-refractivity contribution in [1.82, 2.24) is 9.97 Å². The van der Waals surface area contributed by atoms with Crippen LogP contribution in [0, 0.1) is 0 Å². The van der Waals surface area contributed by atoms with Crippen molar-refractivity contribution >= 4 is 21.9 Å². The summed E-state index contributed by atoms with van der Waals surface area (Å²) in [4.78, 5) is 9.87. The molecule has 3 nitrogen and oxygen atoms in total. The van der Waals surface area contributed by atoms with Crippen molar-refractivity contribution in [3.05, 3.63) is 158 Å². The minimum absolute atomic E-state index is 0.232. The van der Waals surface area contributed by atoms with Crippen LogP contribution in [0.15, 0.2) is 156 Å². The summed E-state index contributed by atoms with van der Waals surface area (Å²) in [7, 11) is 0. The molecule has 0 amide bonds. The Labute approximate surface area is 268 Å². The number of nitrogens with zero attached hydrogens (tertiary/aromatic N) is 2. The van der Waals surface area contributed by atoms with Crippen LogP contribution in [0.3, 0.4) is 0 Å². The molecule has 0 fully saturated rings. The Bertz CT molecular complexity index is 2260. The SMILES string of the molecule is CC(C)c1nc2cc(-c3c(-c4ccc(-c5cc(-c6ccccc6)nc(-c6ccccc6)c5)cc4)ccc4ccccc34)ccc2o1. The molecule has 0 atom stereocenters. The predicted octanol–water partition coefficient (Wildman–Crippen LogP) is 11.8. The van der Waals surface area contributed by atoms with E-state index < -0.39 is 0 Å². The molecule has 8 aromatic rings. The van der Waals surface area contributed by atoms with Crippen molar-refractivity contribution in [1.29, 1.82) is 0 Å². The number of hydrogen-bond acceptors (Lipinski definition) is 3. The Morgan fingerprint density at radius 2 is 1.09 bits per heavy atom. The van der Waals surface area contributed by atoms with Crippen LogP contribution in [-0.4, -0.2) is 9.97 Å². The average Bonchev–Trinajstić information content (AvgIpc) is 3.56. The fraction of sp³-hybridized carbons (Fsp3) is 0.0698. The summed E-state index contributed by atoms with van der Waals surface area (Å²) < 4.78 is 6.04. The lowest BCUT2D eigenvalue weighted by atomic mass is 9.89. The second-order valence-corrected chi connectivity index (χ2v) is 12.0. The molecular formula is C43H32N2O. The van der Waals surface area contributed by atoms with E-state index in [1.54, 1.807) is 0 Å². The van der Waals surface area contributed by atoms with Crippen LogP contribution in [0.2, 0.25) is 0 Å². The fourth-order valence-electron chi connectivity index (χ4n) is 6.22. The van der Waals surface area contributed by atoms with E-state index in [4.69, 9.17) is 14.4 Å². The van der Waals surface area contributed by atoms with Gasteiger partial charge in [-0.05, 0) is 68.4 Å². The molecule has 46 heavy (non-hydrogen) atoms. The topological polar surface area (TPSA) is 38.9 Å². The van der Waals surface area contributed by atoms with Gasteiger partial charge in [-0.3, -0.25) is 0 Å². The zero-order valence-corrected chi connectivity index (χ0v) is 25.8. The second-order valence-electron chi connectivity index (χ2n) is 12.0. The summed E-state index contributed by atoms with van der Waals surface area (Å²) in [6.45, 7) is 4.21. The Morgan fingerprint density at radius 3 is 1.76 bits per heavy atom. The molecule has 8 rings (SSSR count). The van der Waals surface area contributed by atoms with Gasteiger partial charge in [0.05, 0.1) is 11.4 Å². The highest BCUT2D eigenvalue weighted by Gasteiger charge is 2.16. The largest absolute Gasteiger partial charge is 0.440 e. The first-order valence-corrected chi connectivity index (χ1v) is 15.8. The summed E-state index contributed by atoms with van der Waals surface area (Å²) in [5, 5.41) is 2.42. The van der Waals surface area contributed by atoms with Gasteiger partial charge >= 0.3 is 0 Å². The molecule has 0 spiro atoms. The number of pyridine rings is 1. The van der Waals surface area contributed by atoms with Crippen LogP contribution >= 0.6 is 0 Å². The number of hydrogen-bond donors (Lipinski definition) is 0. The van der Waals surface area contributed by atoms with Crippen LogP contribution in [-0.2, 0) is 0 Å². The highest BCUT2D eigenvalue weighted by Crippen LogP contribution is 2.40. The van der Waals surface area contributed by atoms with Gasteiger partial charge in [-0.25, -0.2) is 9.97 Å². The van der Waals surface area contributed by atoms with Crippen molar-refractivity contribution in [2.75, 3.05) is 0 Å². The van der Waals surface area contributed by atoms with Gasteiger partial charge < -0.3 is 4.42 Å². The lowest BCUT2D eigenvalue weighted by Gasteiger charge is -2.15. The van der Waals surface area contributed by atoms with E-state index >= 15 is 0 Å². The molecule has 0 saturated carbocycles. The summed E-state index contributed by atoms with van der Waals surface area (Å²) >= 11 is 0. The minimum Gasteiger partial charge on any atom is -0.440 e. The third-order valence-electron chi connectivity index (χ3n) is 8.61. The van der Waals surface area contributed by atoms with Gasteiger partial charge in [0.15, 0.2) is 11.5 Å². The first-order chi connectivity index (χ1) is 22.6. The summed E-state index contributed by atoms with van der Waals surface area (Å²) in [6.07, 6.45) is 0. The first kappa shape index (κ1) is 27.7. The van der Waals surface area contributed by atoms with Crippen LogP contribution < -0.4 is 0 Å². The molecule has 2 heterocycles. The predicted molar refractivity (Wildman–Crippen MR) is 191 cm³/mol. The quantitative estimate of drug-likeness (QED) is 0.193. The smallest absolute Gasteiger partial charge is 0.198 e. The molecule has 0 unspecified atom stereocenters. The standard InChI is InChI=1S/C43H32N2O/c1-28(2)43-45-40-25-34(22-24-41(40)46-43)42-36-16-10-9-11-30(36)21-23-37(42)31-19-17-29(18-20-31)35-26-38(32-12-5-3-6-13-32)44-39(27-35)33-14-7-4-8-15-33/h3-28H,1-2H3. The molecule has 0 bridgehead atoms. The molecule has 0 saturated heterocycles. The molecule has 0 aliphatic carbocycles. The maximum Gasteiger partial charge on any atom is 0.198 e. The maximum absolute atomic E-state index is 6.04. The normalized spacial score (nSPS) is 11.5. The number of aromatic nitrogens is 2. The molecule has 0 N–H and O–H groups in total. The van der Waals surface area contributed by atoms with Gasteiger partial charge in [0.2, 0.25) is 0 Å². The van der Waals surface area contributed by atoms with E-state index in [-0.39, 0.29) is 5.92 Å². The van der Waals surface area contributed by atoms with Crippen molar-refractivity contribution in [3.8, 4) is 55.9 Å². The van der Waals surface area contributed by atoms with E-state index in [2.05, 4.69) is 153 Å². The Kier molecular flexibility index (Phi) is 7.00. The van der Waals surface area contributed by atoms with E-state index in [0.717, 1.165) is 61.8 Å². The van der Waals surface area contributed by atoms with Crippen LogP contribution in [0.25, 0.3) is 77.8 Å². The average molecular weight is 593 g/mol. The molecule has 2 aromatic heterocycles. The zero-order chi connectivity index (χ0) is 31.0. The maximum atomic E-state index is 6.04. The van der Waals surface area contributed by atoms with Crippen LogP contribution in [0.1, 0.15) is 25.7 Å². The molecule has 0 radical (unpaired) electrons. The molecule has 3 heteroatoms. The number of fused-ring (bicyclic) bond motifs is 2. The van der Waals surface area contributed by atoms with E-state index in [9.17, 15) is 0 Å². The summed E-state index contributed by atoms with van der Waals surface area (Å²) in [5.41, 5.74) is 12.8. The lowest BCUT2D eigenvalue weighted by molar-refractivity contribution is 0.501. The van der Waals surface area contributed by atoms with Gasteiger partial charge in [-0.1, -0.05) is 141 Å². The summed E-state index contributed by atoms with van der Waals surface area (Å²) in [5.74, 6) is 0.998. The second kappa shape index (κ2) is 11.6. The van der Waals surface area contributed by atoms with Crippen molar-refractivity contribution < 1.29 is 4.42 Å². The van der Waals surface area contributed by atoms with Crippen LogP contribution in [0.4, 0.5) is 0 Å². The van der Waals surface area contributed by atoms with Gasteiger partial charge in [-0.15, -0.1) is 0 Å². The Morgan fingerprint density at radius 1 is 0.478 bits per heavy atom. The monoisotopic (exact) mass is 592 g/mol. The minimum atomic E-state index is 0.232. The molecule has 6 aromatic carbocycles. The fourth-order valence-corrected chi connectivity index (χ4v) is 6.22. The van der Waals surface area contributed by atoms with E-state index in [1.165, 1.54) is 21.9 Å². The highest BCUT2D eigenvalue weighted by atomic mass is 16.3. The van der Waals surface area contributed by atoms with E-state index in [0.29, 0.717) is 0 Å². The van der Waals surface area contributed by atoms with Gasteiger partial charge in [0.1, 0.15) is 5.52 Å². The third-order valence-corrected chi connectivity index (χ3v) is 8.61. The van der Waals surface area contributed by atoms with Gasteiger partial charge in [-0.2, -0.15) is 0 Å². The van der Waals surface area contributed by atoms with Crippen LogP contribution in [0.5, 0.6) is 0 Å². The van der Waals surface area contributed by atoms with Crippen molar-refractivity contribution in [2.24, 2.45) is 0 Å². The molecule has 0 aliphatic rings. The molecule has 0 aliphatic heterocycles. The first-order valence-electron chi connectivity index (χ1n) is 15.8. The molecular weight excluding hydrogens is 560 g/mol. The Balaban J connectivity index is 1.24. The van der Waals surface area contributed by atoms with Gasteiger partial charge in [0.25, 0.3) is 0 Å². The number of benzene rings is 6. The summed E-state index contributed by atoms with van der Waals surface area (Å²) in [6, 6.07) is 53.5. The lowest BCUT2D eigenvalue weighted by Crippen LogP contribution is -1.92. The Hall–Kier alpha value is -5.80. The third kappa shape index (κ3) is 5.16. The molecule has 220 valence electrons. The number of rotatable bonds is 6. The van der Waals surface area contributed by atoms with Gasteiger partial charge in [0, 0.05) is 17.0 Å². The number of oxazole rings is 1. The highest BCUT2D eigenvalue weighted by molar-refractivity contribution is 6.05.